The zero-order chi connectivity index (χ0) is 20.4. The van der Waals surface area contributed by atoms with Crippen LogP contribution in [0.3, 0.4) is 0 Å². The molecule has 0 spiro atoms. The van der Waals surface area contributed by atoms with E-state index in [1.165, 1.54) is 15.6 Å². The lowest BCUT2D eigenvalue weighted by molar-refractivity contribution is -0.119. The molecule has 1 aliphatic heterocycles. The van der Waals surface area contributed by atoms with Crippen molar-refractivity contribution < 1.29 is 13.2 Å². The van der Waals surface area contributed by atoms with E-state index in [9.17, 15) is 13.2 Å². The van der Waals surface area contributed by atoms with Crippen LogP contribution in [0, 0.1) is 0 Å². The molecular weight excluding hydrogens is 408 g/mol. The molecule has 1 saturated heterocycles. The Labute approximate surface area is 173 Å². The van der Waals surface area contributed by atoms with E-state index in [0.717, 1.165) is 28.6 Å². The van der Waals surface area contributed by atoms with Gasteiger partial charge in [0.2, 0.25) is 21.1 Å². The highest BCUT2D eigenvalue weighted by Gasteiger charge is 2.39. The summed E-state index contributed by atoms with van der Waals surface area (Å²) in [4.78, 5) is 13.0. The minimum Gasteiger partial charge on any atom is -0.299 e. The van der Waals surface area contributed by atoms with Crippen molar-refractivity contribution in [2.45, 2.75) is 43.5 Å². The highest BCUT2D eigenvalue weighted by Crippen LogP contribution is 2.29. The average molecular weight is 431 g/mol. The van der Waals surface area contributed by atoms with Crippen molar-refractivity contribution in [3.8, 4) is 0 Å². The normalized spacial score (nSPS) is 17.6. The second kappa shape index (κ2) is 8.17. The molecular formula is C20H22N4O3S2. The summed E-state index contributed by atoms with van der Waals surface area (Å²) in [5.74, 6) is -0.355. The monoisotopic (exact) mass is 430 g/mol. The third-order valence-corrected chi connectivity index (χ3v) is 7.80. The highest BCUT2D eigenvalue weighted by molar-refractivity contribution is 7.89. The molecule has 0 aliphatic carbocycles. The van der Waals surface area contributed by atoms with Gasteiger partial charge in [0.25, 0.3) is 0 Å². The summed E-state index contributed by atoms with van der Waals surface area (Å²) in [7, 11) is -3.78. The van der Waals surface area contributed by atoms with Gasteiger partial charge in [0, 0.05) is 13.0 Å². The molecule has 9 heteroatoms. The number of hydrogen-bond donors (Lipinski definition) is 1. The second-order valence-electron chi connectivity index (χ2n) is 7.02. The molecule has 1 N–H and O–H groups in total. The van der Waals surface area contributed by atoms with E-state index in [4.69, 9.17) is 0 Å². The van der Waals surface area contributed by atoms with Crippen molar-refractivity contribution in [3.63, 3.8) is 0 Å². The Morgan fingerprint density at radius 2 is 2.00 bits per heavy atom. The molecule has 1 aliphatic rings. The maximum Gasteiger partial charge on any atom is 0.244 e. The first-order valence-electron chi connectivity index (χ1n) is 9.63. The van der Waals surface area contributed by atoms with Crippen LogP contribution in [0.15, 0.2) is 47.4 Å². The number of carbonyl (C=O) groups is 1. The third-order valence-electron chi connectivity index (χ3n) is 4.99. The zero-order valence-electron chi connectivity index (χ0n) is 16.0. The number of aryl methyl sites for hydroxylation is 1. The molecule has 1 unspecified atom stereocenters. The van der Waals surface area contributed by atoms with Crippen LogP contribution in [-0.2, 0) is 21.2 Å². The maximum absolute atomic E-state index is 13.3. The van der Waals surface area contributed by atoms with Gasteiger partial charge in [-0.15, -0.1) is 10.2 Å². The van der Waals surface area contributed by atoms with Crippen molar-refractivity contribution in [2.75, 3.05) is 11.9 Å². The average Bonchev–Trinajstić information content (AvgIpc) is 3.38. The number of nitrogens with zero attached hydrogens (tertiary/aromatic N) is 3. The number of benzene rings is 2. The first kappa shape index (κ1) is 19.9. The van der Waals surface area contributed by atoms with Crippen LogP contribution in [0.25, 0.3) is 10.8 Å². The lowest BCUT2D eigenvalue weighted by atomic mass is 10.1. The van der Waals surface area contributed by atoms with Crippen molar-refractivity contribution in [1.29, 1.82) is 0 Å². The molecule has 1 atom stereocenters. The van der Waals surface area contributed by atoms with E-state index in [2.05, 4.69) is 15.5 Å². The molecule has 1 amide bonds. The predicted octanol–water partition coefficient (Wildman–Crippen LogP) is 3.44. The molecule has 2 aromatic carbocycles. The predicted molar refractivity (Wildman–Crippen MR) is 113 cm³/mol. The topological polar surface area (TPSA) is 92.3 Å². The van der Waals surface area contributed by atoms with E-state index in [1.807, 2.05) is 31.2 Å². The molecule has 152 valence electrons. The first-order chi connectivity index (χ1) is 14.0. The number of hydrogen-bond acceptors (Lipinski definition) is 6. The lowest BCUT2D eigenvalue weighted by Gasteiger charge is -2.23. The number of anilines is 1. The van der Waals surface area contributed by atoms with E-state index in [-0.39, 0.29) is 10.8 Å². The van der Waals surface area contributed by atoms with Gasteiger partial charge in [0.05, 0.1) is 4.90 Å². The third kappa shape index (κ3) is 4.03. The lowest BCUT2D eigenvalue weighted by Crippen LogP contribution is -2.43. The van der Waals surface area contributed by atoms with Crippen molar-refractivity contribution in [3.05, 3.63) is 47.5 Å². The number of amides is 1. The Balaban J connectivity index is 1.56. The zero-order valence-corrected chi connectivity index (χ0v) is 17.7. The van der Waals surface area contributed by atoms with E-state index in [0.29, 0.717) is 24.5 Å². The number of aromatic nitrogens is 2. The van der Waals surface area contributed by atoms with E-state index in [1.54, 1.807) is 18.2 Å². The van der Waals surface area contributed by atoms with Crippen LogP contribution in [0.1, 0.15) is 31.2 Å². The summed E-state index contributed by atoms with van der Waals surface area (Å²) in [5.41, 5.74) is 0. The highest BCUT2D eigenvalue weighted by atomic mass is 32.2. The molecule has 2 heterocycles. The van der Waals surface area contributed by atoms with Crippen molar-refractivity contribution in [2.24, 2.45) is 0 Å². The summed E-state index contributed by atoms with van der Waals surface area (Å²) in [6, 6.07) is 11.9. The molecule has 3 aromatic rings. The number of carbonyl (C=O) groups excluding carboxylic acids is 1. The largest absolute Gasteiger partial charge is 0.299 e. The van der Waals surface area contributed by atoms with Gasteiger partial charge in [-0.25, -0.2) is 8.42 Å². The SMILES string of the molecule is CCCc1nnc(NC(=O)C2CCCN2S(=O)(=O)c2ccc3ccccc3c2)s1. The second-order valence-corrected chi connectivity index (χ2v) is 9.98. The van der Waals surface area contributed by atoms with Gasteiger partial charge >= 0.3 is 0 Å². The fourth-order valence-corrected chi connectivity index (χ4v) is 6.10. The molecule has 1 fully saturated rings. The van der Waals surface area contributed by atoms with E-state index >= 15 is 0 Å². The molecule has 0 bridgehead atoms. The van der Waals surface area contributed by atoms with Gasteiger partial charge in [0.15, 0.2) is 0 Å². The molecule has 0 saturated carbocycles. The summed E-state index contributed by atoms with van der Waals surface area (Å²) in [5, 5.41) is 13.9. The minimum atomic E-state index is -3.78. The number of rotatable bonds is 6. The van der Waals surface area contributed by atoms with Crippen LogP contribution in [-0.4, -0.2) is 41.4 Å². The Bertz CT molecular complexity index is 1140. The molecule has 1 aromatic heterocycles. The van der Waals surface area contributed by atoms with Gasteiger partial charge < -0.3 is 0 Å². The Morgan fingerprint density at radius 3 is 2.79 bits per heavy atom. The van der Waals surface area contributed by atoms with Crippen LogP contribution in [0.2, 0.25) is 0 Å². The van der Waals surface area contributed by atoms with Gasteiger partial charge in [-0.3, -0.25) is 10.1 Å². The molecule has 4 rings (SSSR count). The van der Waals surface area contributed by atoms with Gasteiger partial charge in [0.1, 0.15) is 11.0 Å². The standard InChI is InChI=1S/C20H22N4O3S2/c1-2-6-18-22-23-20(28-18)21-19(25)17-9-5-12-24(17)29(26,27)16-11-10-14-7-3-4-8-15(14)13-16/h3-4,7-8,10-11,13,17H,2,5-6,9,12H2,1H3,(H,21,23,25). The molecule has 29 heavy (non-hydrogen) atoms. The van der Waals surface area contributed by atoms with Gasteiger partial charge in [-0.1, -0.05) is 48.6 Å². The number of sulfonamides is 1. The van der Waals surface area contributed by atoms with Crippen LogP contribution in [0.5, 0.6) is 0 Å². The van der Waals surface area contributed by atoms with Crippen molar-refractivity contribution >= 4 is 43.2 Å². The quantitative estimate of drug-likeness (QED) is 0.647. The molecule has 0 radical (unpaired) electrons. The summed E-state index contributed by atoms with van der Waals surface area (Å²) in [6.07, 6.45) is 2.88. The number of fused-ring (bicyclic) bond motifs is 1. The van der Waals surface area contributed by atoms with Gasteiger partial charge in [-0.2, -0.15) is 4.31 Å². The smallest absolute Gasteiger partial charge is 0.244 e. The summed E-state index contributed by atoms with van der Waals surface area (Å²) < 4.78 is 27.8. The maximum atomic E-state index is 13.3. The minimum absolute atomic E-state index is 0.206. The van der Waals surface area contributed by atoms with Crippen LogP contribution < -0.4 is 5.32 Å². The fourth-order valence-electron chi connectivity index (χ4n) is 3.56. The number of nitrogens with one attached hydrogen (secondary N) is 1. The first-order valence-corrected chi connectivity index (χ1v) is 11.9. The Morgan fingerprint density at radius 1 is 1.21 bits per heavy atom. The Hall–Kier alpha value is -2.36. The molecule has 7 nitrogen and oxygen atoms in total. The fraction of sp³-hybridized carbons (Fsp3) is 0.350. The summed E-state index contributed by atoms with van der Waals surface area (Å²) >= 11 is 1.33. The van der Waals surface area contributed by atoms with E-state index < -0.39 is 16.1 Å². The van der Waals surface area contributed by atoms with Crippen molar-refractivity contribution in [1.82, 2.24) is 14.5 Å². The van der Waals surface area contributed by atoms with Crippen LogP contribution >= 0.6 is 11.3 Å². The van der Waals surface area contributed by atoms with Gasteiger partial charge in [-0.05, 0) is 42.2 Å². The Kier molecular flexibility index (Phi) is 5.62. The summed E-state index contributed by atoms with van der Waals surface area (Å²) in [6.45, 7) is 2.37. The van der Waals surface area contributed by atoms with Crippen LogP contribution in [0.4, 0.5) is 5.13 Å².